The van der Waals surface area contributed by atoms with Crippen molar-refractivity contribution in [1.29, 1.82) is 0 Å². The molecule has 0 spiro atoms. The van der Waals surface area contributed by atoms with Gasteiger partial charge in [0.15, 0.2) is 12.4 Å². The molecule has 0 bridgehead atoms. The molecule has 194 valence electrons. The minimum atomic E-state index is -1.43. The van der Waals surface area contributed by atoms with Crippen LogP contribution in [0, 0.1) is 0 Å². The van der Waals surface area contributed by atoms with Crippen molar-refractivity contribution < 1.29 is 28.9 Å². The first-order chi connectivity index (χ1) is 17.6. The molecule has 2 aliphatic heterocycles. The molecule has 0 unspecified atom stereocenters. The van der Waals surface area contributed by atoms with E-state index in [1.807, 2.05) is 0 Å². The van der Waals surface area contributed by atoms with E-state index in [0.717, 1.165) is 4.90 Å². The molecular weight excluding hydrogens is 579 g/mol. The molecule has 1 saturated heterocycles. The van der Waals surface area contributed by atoms with Gasteiger partial charge in [-0.2, -0.15) is 4.57 Å². The number of hydrogen-bond donors (Lipinski definition) is 2. The summed E-state index contributed by atoms with van der Waals surface area (Å²) < 4.78 is 1.63. The molecule has 3 N–H and O–H groups in total. The van der Waals surface area contributed by atoms with Crippen molar-refractivity contribution in [2.24, 2.45) is 5.73 Å². The summed E-state index contributed by atoms with van der Waals surface area (Å²) in [5.74, 6) is -2.04. The smallest absolute Gasteiger partial charge is 0.283 e. The van der Waals surface area contributed by atoms with Crippen LogP contribution in [0.2, 0.25) is 10.0 Å². The number of carbonyl (C=O) groups excluding carboxylic acids is 4. The van der Waals surface area contributed by atoms with Gasteiger partial charge in [0.2, 0.25) is 12.5 Å². The molecule has 1 aromatic carbocycles. The van der Waals surface area contributed by atoms with E-state index in [2.05, 4.69) is 5.32 Å². The Hall–Kier alpha value is -2.38. The number of fused-ring (bicyclic) bond motifs is 1. The SMILES string of the molecule is NC(=O)C[n+]1ccc(SCC2=C(C(=O)[O-])N3C(=O)[C@@H](NC(=O)CSc4cc(Cl)ccc4Cl)[C@H]3SC2)cc1. The van der Waals surface area contributed by atoms with Gasteiger partial charge in [0, 0.05) is 38.5 Å². The summed E-state index contributed by atoms with van der Waals surface area (Å²) in [5, 5.41) is 15.1. The molecule has 9 nitrogen and oxygen atoms in total. The summed E-state index contributed by atoms with van der Waals surface area (Å²) in [4.78, 5) is 51.0. The molecule has 2 atom stereocenters. The second kappa shape index (κ2) is 12.0. The van der Waals surface area contributed by atoms with Crippen molar-refractivity contribution in [3.63, 3.8) is 0 Å². The maximum Gasteiger partial charge on any atom is 0.283 e. The van der Waals surface area contributed by atoms with Crippen molar-refractivity contribution in [3.05, 3.63) is 64.0 Å². The van der Waals surface area contributed by atoms with E-state index in [1.54, 1.807) is 47.3 Å². The lowest BCUT2D eigenvalue weighted by Crippen LogP contribution is -2.71. The molecular formula is C23H20Cl2N4O5S3. The van der Waals surface area contributed by atoms with Crippen LogP contribution in [0.1, 0.15) is 0 Å². The van der Waals surface area contributed by atoms with Gasteiger partial charge in [0.25, 0.3) is 11.8 Å². The highest BCUT2D eigenvalue weighted by Gasteiger charge is 2.52. The van der Waals surface area contributed by atoms with Gasteiger partial charge in [0.05, 0.1) is 22.4 Å². The molecule has 0 radical (unpaired) electrons. The zero-order valence-corrected chi connectivity index (χ0v) is 23.0. The molecule has 2 aliphatic rings. The van der Waals surface area contributed by atoms with E-state index in [9.17, 15) is 24.3 Å². The number of nitrogens with zero attached hydrogens (tertiary/aromatic N) is 2. The lowest BCUT2D eigenvalue weighted by molar-refractivity contribution is -0.684. The highest BCUT2D eigenvalue weighted by molar-refractivity contribution is 8.01. The first-order valence-corrected chi connectivity index (χ1v) is 14.6. The summed E-state index contributed by atoms with van der Waals surface area (Å²) in [6.07, 6.45) is 3.41. The van der Waals surface area contributed by atoms with Crippen LogP contribution >= 0.6 is 58.5 Å². The van der Waals surface area contributed by atoms with E-state index < -0.39 is 29.2 Å². The second-order valence-electron chi connectivity index (χ2n) is 8.02. The molecule has 1 aromatic heterocycles. The van der Waals surface area contributed by atoms with Gasteiger partial charge in [-0.15, -0.1) is 35.3 Å². The summed E-state index contributed by atoms with van der Waals surface area (Å²) in [7, 11) is 0. The Kier molecular flexibility index (Phi) is 8.96. The fourth-order valence-corrected chi connectivity index (χ4v) is 7.40. The minimum absolute atomic E-state index is 0.0167. The third-order valence-corrected chi connectivity index (χ3v) is 9.59. The van der Waals surface area contributed by atoms with Crippen LogP contribution in [-0.2, 0) is 25.7 Å². The Morgan fingerprint density at radius 2 is 1.92 bits per heavy atom. The number of thioether (sulfide) groups is 3. The Bertz CT molecular complexity index is 1290. The molecule has 37 heavy (non-hydrogen) atoms. The zero-order valence-electron chi connectivity index (χ0n) is 19.0. The van der Waals surface area contributed by atoms with Gasteiger partial charge in [0.1, 0.15) is 11.4 Å². The van der Waals surface area contributed by atoms with Gasteiger partial charge < -0.3 is 21.0 Å². The predicted molar refractivity (Wildman–Crippen MR) is 141 cm³/mol. The van der Waals surface area contributed by atoms with Gasteiger partial charge >= 0.3 is 0 Å². The number of aromatic nitrogens is 1. The summed E-state index contributed by atoms with van der Waals surface area (Å²) >= 11 is 16.1. The van der Waals surface area contributed by atoms with Crippen LogP contribution in [0.5, 0.6) is 0 Å². The normalized spacial score (nSPS) is 18.8. The highest BCUT2D eigenvalue weighted by atomic mass is 35.5. The molecule has 3 amide bonds. The highest BCUT2D eigenvalue weighted by Crippen LogP contribution is 2.41. The number of carboxylic acids is 1. The van der Waals surface area contributed by atoms with Crippen LogP contribution in [0.4, 0.5) is 0 Å². The number of hydrogen-bond acceptors (Lipinski definition) is 8. The Morgan fingerprint density at radius 1 is 1.19 bits per heavy atom. The van der Waals surface area contributed by atoms with E-state index in [-0.39, 0.29) is 23.9 Å². The van der Waals surface area contributed by atoms with E-state index >= 15 is 0 Å². The van der Waals surface area contributed by atoms with E-state index in [0.29, 0.717) is 32.0 Å². The first-order valence-electron chi connectivity index (χ1n) is 10.8. The Morgan fingerprint density at radius 3 is 2.59 bits per heavy atom. The van der Waals surface area contributed by atoms with E-state index in [4.69, 9.17) is 28.9 Å². The topological polar surface area (TPSA) is 137 Å². The molecule has 3 heterocycles. The number of rotatable bonds is 10. The number of benzene rings is 1. The van der Waals surface area contributed by atoms with Crippen LogP contribution in [0.25, 0.3) is 0 Å². The maximum atomic E-state index is 12.8. The average molecular weight is 600 g/mol. The Balaban J connectivity index is 1.37. The monoisotopic (exact) mass is 598 g/mol. The second-order valence-corrected chi connectivity index (χ2v) is 12.0. The van der Waals surface area contributed by atoms with Gasteiger partial charge in [-0.05, 0) is 23.8 Å². The van der Waals surface area contributed by atoms with Crippen LogP contribution in [-0.4, -0.2) is 57.3 Å². The lowest BCUT2D eigenvalue weighted by atomic mass is 10.0. The fourth-order valence-electron chi connectivity index (χ4n) is 3.72. The Labute approximate surface area is 235 Å². The van der Waals surface area contributed by atoms with Gasteiger partial charge in [-0.25, -0.2) is 0 Å². The number of carboxylic acid groups (broad SMARTS) is 1. The summed E-state index contributed by atoms with van der Waals surface area (Å²) in [6.45, 7) is 0.0603. The van der Waals surface area contributed by atoms with Crippen molar-refractivity contribution in [3.8, 4) is 0 Å². The number of carbonyl (C=O) groups is 4. The van der Waals surface area contributed by atoms with Crippen molar-refractivity contribution in [2.45, 2.75) is 27.8 Å². The van der Waals surface area contributed by atoms with Gasteiger partial charge in [-0.3, -0.25) is 19.3 Å². The summed E-state index contributed by atoms with van der Waals surface area (Å²) in [6, 6.07) is 7.69. The molecule has 2 aromatic rings. The zero-order chi connectivity index (χ0) is 26.7. The van der Waals surface area contributed by atoms with Crippen LogP contribution in [0.3, 0.4) is 0 Å². The maximum absolute atomic E-state index is 12.8. The minimum Gasteiger partial charge on any atom is -0.543 e. The number of pyridine rings is 1. The van der Waals surface area contributed by atoms with Gasteiger partial charge in [-0.1, -0.05) is 23.2 Å². The first kappa shape index (κ1) is 27.6. The summed E-state index contributed by atoms with van der Waals surface area (Å²) in [5.41, 5.74) is 5.60. The standard InChI is InChI=1S/C23H20Cl2N4O5S3/c24-13-1-2-15(25)16(7-13)36-11-18(31)27-19-21(32)29-20(23(33)34)12(10-37-22(19)29)9-35-14-3-5-28(6-4-14)8-17(26)30/h1-7,19,22H,8-11H2,(H3-,26,27,30,31,33,34)/t19-,22-/m1/s1. The molecule has 4 rings (SSSR count). The number of nitrogens with one attached hydrogen (secondary N) is 1. The van der Waals surface area contributed by atoms with E-state index in [1.165, 1.54) is 40.2 Å². The molecule has 0 saturated carbocycles. The lowest BCUT2D eigenvalue weighted by Gasteiger charge is -2.50. The van der Waals surface area contributed by atoms with Crippen molar-refractivity contribution >= 4 is 82.2 Å². The number of amides is 3. The molecule has 14 heteroatoms. The number of nitrogens with two attached hydrogens (primary N) is 1. The number of β-lactam (4-membered cyclic amide) rings is 1. The van der Waals surface area contributed by atoms with Crippen molar-refractivity contribution in [2.75, 3.05) is 17.3 Å². The molecule has 0 aliphatic carbocycles. The largest absolute Gasteiger partial charge is 0.543 e. The quantitative estimate of drug-likeness (QED) is 0.235. The molecule has 1 fully saturated rings. The number of aliphatic carboxylic acids is 1. The fraction of sp³-hybridized carbons (Fsp3) is 0.261. The predicted octanol–water partition coefficient (Wildman–Crippen LogP) is 1.05. The van der Waals surface area contributed by atoms with Crippen molar-refractivity contribution in [1.82, 2.24) is 10.2 Å². The average Bonchev–Trinajstić information content (AvgIpc) is 2.86. The van der Waals surface area contributed by atoms with Crippen LogP contribution < -0.4 is 20.7 Å². The number of halogens is 2. The third-order valence-electron chi connectivity index (χ3n) is 5.42. The van der Waals surface area contributed by atoms with Crippen LogP contribution in [0.15, 0.2) is 63.8 Å². The number of primary amides is 1. The third kappa shape index (κ3) is 6.55.